The lowest BCUT2D eigenvalue weighted by Crippen LogP contribution is -2.06. The van der Waals surface area contributed by atoms with Gasteiger partial charge < -0.3 is 18.9 Å². The third-order valence-corrected chi connectivity index (χ3v) is 2.95. The van der Waals surface area contributed by atoms with Gasteiger partial charge in [-0.15, -0.1) is 0 Å². The molecule has 0 N–H and O–H groups in total. The molecule has 0 heterocycles. The second-order valence-corrected chi connectivity index (χ2v) is 4.12. The van der Waals surface area contributed by atoms with Crippen molar-refractivity contribution in [3.8, 4) is 11.5 Å². The zero-order valence-corrected chi connectivity index (χ0v) is 12.0. The van der Waals surface area contributed by atoms with Crippen LogP contribution in [0.5, 0.6) is 11.5 Å². The lowest BCUT2D eigenvalue weighted by molar-refractivity contribution is -0.106. The molecule has 5 heteroatoms. The minimum atomic E-state index is -0.436. The molecule has 96 valence electrons. The van der Waals surface area contributed by atoms with E-state index in [9.17, 15) is 0 Å². The fourth-order valence-electron chi connectivity index (χ4n) is 1.51. The van der Waals surface area contributed by atoms with Gasteiger partial charge in [-0.2, -0.15) is 0 Å². The molecule has 0 spiro atoms. The summed E-state index contributed by atoms with van der Waals surface area (Å²) in [6, 6.07) is 3.69. The van der Waals surface area contributed by atoms with Crippen molar-refractivity contribution in [2.75, 3.05) is 27.9 Å². The number of ether oxygens (including phenoxy) is 4. The molecule has 0 bridgehead atoms. The third-order valence-electron chi connectivity index (χ3n) is 2.26. The highest BCUT2D eigenvalue weighted by Crippen LogP contribution is 2.37. The molecule has 0 aliphatic rings. The maximum absolute atomic E-state index is 5.47. The van der Waals surface area contributed by atoms with E-state index in [1.165, 1.54) is 0 Å². The van der Waals surface area contributed by atoms with Crippen LogP contribution in [0.4, 0.5) is 0 Å². The molecule has 1 aromatic carbocycles. The number of hydrogen-bond donors (Lipinski definition) is 0. The Labute approximate surface area is 110 Å². The molecule has 0 fully saturated rings. The molecule has 0 aromatic heterocycles. The van der Waals surface area contributed by atoms with E-state index in [4.69, 9.17) is 18.9 Å². The van der Waals surface area contributed by atoms with Crippen molar-refractivity contribution in [3.63, 3.8) is 0 Å². The van der Waals surface area contributed by atoms with E-state index >= 15 is 0 Å². The van der Waals surface area contributed by atoms with Crippen LogP contribution in [-0.2, 0) is 9.47 Å². The number of benzene rings is 1. The maximum atomic E-state index is 5.47. The van der Waals surface area contributed by atoms with Crippen molar-refractivity contribution in [2.45, 2.75) is 13.2 Å². The van der Waals surface area contributed by atoms with Crippen LogP contribution in [0.1, 0.15) is 18.8 Å². The Morgan fingerprint density at radius 1 is 1.12 bits per heavy atom. The molecule has 0 saturated heterocycles. The van der Waals surface area contributed by atoms with E-state index in [0.29, 0.717) is 18.1 Å². The zero-order valence-electron chi connectivity index (χ0n) is 10.5. The molecule has 1 rings (SSSR count). The van der Waals surface area contributed by atoms with Crippen molar-refractivity contribution >= 4 is 15.9 Å². The first-order chi connectivity index (χ1) is 8.17. The van der Waals surface area contributed by atoms with Crippen LogP contribution in [0.15, 0.2) is 16.6 Å². The van der Waals surface area contributed by atoms with Crippen LogP contribution < -0.4 is 9.47 Å². The van der Waals surface area contributed by atoms with Gasteiger partial charge in [-0.1, -0.05) is 15.9 Å². The molecular formula is C12H17BrO4. The zero-order chi connectivity index (χ0) is 12.8. The van der Waals surface area contributed by atoms with Gasteiger partial charge >= 0.3 is 0 Å². The van der Waals surface area contributed by atoms with E-state index in [1.54, 1.807) is 21.3 Å². The molecule has 0 radical (unpaired) electrons. The fourth-order valence-corrected chi connectivity index (χ4v) is 2.02. The van der Waals surface area contributed by atoms with Gasteiger partial charge in [0.25, 0.3) is 0 Å². The molecule has 0 aliphatic carbocycles. The van der Waals surface area contributed by atoms with Crippen molar-refractivity contribution in [3.05, 3.63) is 22.2 Å². The van der Waals surface area contributed by atoms with Crippen molar-refractivity contribution in [1.29, 1.82) is 0 Å². The highest BCUT2D eigenvalue weighted by Gasteiger charge is 2.17. The molecule has 0 unspecified atom stereocenters. The van der Waals surface area contributed by atoms with E-state index in [2.05, 4.69) is 15.9 Å². The van der Waals surface area contributed by atoms with Crippen LogP contribution in [0, 0.1) is 0 Å². The summed E-state index contributed by atoms with van der Waals surface area (Å²) in [6.07, 6.45) is -0.436. The third kappa shape index (κ3) is 3.34. The number of hydrogen-bond acceptors (Lipinski definition) is 4. The van der Waals surface area contributed by atoms with Crippen LogP contribution in [0.2, 0.25) is 0 Å². The topological polar surface area (TPSA) is 36.9 Å². The first kappa shape index (κ1) is 14.3. The van der Waals surface area contributed by atoms with Crippen LogP contribution in [-0.4, -0.2) is 27.9 Å². The van der Waals surface area contributed by atoms with Gasteiger partial charge in [0.2, 0.25) is 0 Å². The minimum absolute atomic E-state index is 0.436. The van der Waals surface area contributed by atoms with Gasteiger partial charge in [0, 0.05) is 24.3 Å². The standard InChI is InChI=1S/C12H17BrO4/c1-5-17-11-7-9(13)8(6-10(11)14-2)12(15-3)16-4/h6-7,12H,5H2,1-4H3. The molecule has 4 nitrogen and oxygen atoms in total. The average Bonchev–Trinajstić information content (AvgIpc) is 2.33. The molecule has 0 atom stereocenters. The number of methoxy groups -OCH3 is 3. The first-order valence-corrected chi connectivity index (χ1v) is 6.03. The molecule has 0 saturated carbocycles. The monoisotopic (exact) mass is 304 g/mol. The van der Waals surface area contributed by atoms with Crippen molar-refractivity contribution in [2.24, 2.45) is 0 Å². The minimum Gasteiger partial charge on any atom is -0.493 e. The quantitative estimate of drug-likeness (QED) is 0.757. The largest absolute Gasteiger partial charge is 0.493 e. The molecule has 0 amide bonds. The second kappa shape index (κ2) is 6.83. The smallest absolute Gasteiger partial charge is 0.184 e. The Morgan fingerprint density at radius 3 is 2.24 bits per heavy atom. The van der Waals surface area contributed by atoms with E-state index in [-0.39, 0.29) is 0 Å². The normalized spacial score (nSPS) is 10.7. The Bertz CT molecular complexity index is 364. The number of halogens is 1. The molecule has 17 heavy (non-hydrogen) atoms. The van der Waals surface area contributed by atoms with E-state index < -0.39 is 6.29 Å². The Hall–Kier alpha value is -0.780. The molecular weight excluding hydrogens is 288 g/mol. The molecule has 0 aliphatic heterocycles. The summed E-state index contributed by atoms with van der Waals surface area (Å²) in [6.45, 7) is 2.51. The van der Waals surface area contributed by atoms with Crippen LogP contribution >= 0.6 is 15.9 Å². The Balaban J connectivity index is 3.16. The lowest BCUT2D eigenvalue weighted by atomic mass is 10.2. The number of rotatable bonds is 6. The van der Waals surface area contributed by atoms with Crippen molar-refractivity contribution in [1.82, 2.24) is 0 Å². The van der Waals surface area contributed by atoms with Gasteiger partial charge in [0.05, 0.1) is 13.7 Å². The van der Waals surface area contributed by atoms with Gasteiger partial charge in [0.1, 0.15) is 0 Å². The Morgan fingerprint density at radius 2 is 1.76 bits per heavy atom. The average molecular weight is 305 g/mol. The van der Waals surface area contributed by atoms with Gasteiger partial charge in [0.15, 0.2) is 17.8 Å². The van der Waals surface area contributed by atoms with Gasteiger partial charge in [-0.25, -0.2) is 0 Å². The van der Waals surface area contributed by atoms with Crippen LogP contribution in [0.25, 0.3) is 0 Å². The lowest BCUT2D eigenvalue weighted by Gasteiger charge is -2.18. The predicted molar refractivity (Wildman–Crippen MR) is 68.6 cm³/mol. The summed E-state index contributed by atoms with van der Waals surface area (Å²) in [5.41, 5.74) is 0.857. The summed E-state index contributed by atoms with van der Waals surface area (Å²) in [4.78, 5) is 0. The maximum Gasteiger partial charge on any atom is 0.184 e. The highest BCUT2D eigenvalue weighted by atomic mass is 79.9. The second-order valence-electron chi connectivity index (χ2n) is 3.26. The SMILES string of the molecule is CCOc1cc(Br)c(C(OC)OC)cc1OC. The predicted octanol–water partition coefficient (Wildman–Crippen LogP) is 3.15. The van der Waals surface area contributed by atoms with E-state index in [0.717, 1.165) is 10.0 Å². The summed E-state index contributed by atoms with van der Waals surface area (Å²) in [5.74, 6) is 1.35. The summed E-state index contributed by atoms with van der Waals surface area (Å²) in [5, 5.41) is 0. The summed E-state index contributed by atoms with van der Waals surface area (Å²) >= 11 is 3.47. The first-order valence-electron chi connectivity index (χ1n) is 5.23. The summed E-state index contributed by atoms with van der Waals surface area (Å²) in [7, 11) is 4.78. The van der Waals surface area contributed by atoms with Crippen molar-refractivity contribution < 1.29 is 18.9 Å². The van der Waals surface area contributed by atoms with Crippen LogP contribution in [0.3, 0.4) is 0 Å². The van der Waals surface area contributed by atoms with E-state index in [1.807, 2.05) is 19.1 Å². The highest BCUT2D eigenvalue weighted by molar-refractivity contribution is 9.10. The van der Waals surface area contributed by atoms with Gasteiger partial charge in [-0.3, -0.25) is 0 Å². The molecule has 1 aromatic rings. The Kier molecular flexibility index (Phi) is 5.74. The van der Waals surface area contributed by atoms with Gasteiger partial charge in [-0.05, 0) is 19.1 Å². The fraction of sp³-hybridized carbons (Fsp3) is 0.500. The summed E-state index contributed by atoms with van der Waals surface area (Å²) < 4.78 is 22.0.